The van der Waals surface area contributed by atoms with Crippen molar-refractivity contribution < 1.29 is 4.57 Å². The number of hydrogen-bond acceptors (Lipinski definition) is 2. The highest BCUT2D eigenvalue weighted by Crippen LogP contribution is 2.60. The van der Waals surface area contributed by atoms with Gasteiger partial charge in [0.15, 0.2) is 0 Å². The summed E-state index contributed by atoms with van der Waals surface area (Å²) in [4.78, 5) is 2.03. The molecule has 1 aliphatic rings. The molecule has 0 radical (unpaired) electrons. The molecule has 0 saturated carbocycles. The van der Waals surface area contributed by atoms with E-state index in [-0.39, 0.29) is 0 Å². The summed E-state index contributed by atoms with van der Waals surface area (Å²) in [5.41, 5.74) is 1.21. The summed E-state index contributed by atoms with van der Waals surface area (Å²) >= 11 is 13.0. The summed E-state index contributed by atoms with van der Waals surface area (Å²) in [5.74, 6) is -1.69. The van der Waals surface area contributed by atoms with Gasteiger partial charge in [0.1, 0.15) is 0 Å². The second-order valence-corrected chi connectivity index (χ2v) is 10.3. The molecule has 0 N–H and O–H groups in total. The molecule has 0 atom stereocenters. The molecule has 2 rings (SSSR count). The molecule has 0 aromatic heterocycles. The van der Waals surface area contributed by atoms with Crippen LogP contribution in [0.5, 0.6) is 0 Å². The molecule has 0 heterocycles. The zero-order valence-electron chi connectivity index (χ0n) is 10.4. The molecule has 5 heteroatoms. The van der Waals surface area contributed by atoms with E-state index in [1.54, 1.807) is 11.8 Å². The first kappa shape index (κ1) is 15.3. The van der Waals surface area contributed by atoms with Gasteiger partial charge in [-0.3, -0.25) is 4.57 Å². The molecule has 0 amide bonds. The van der Waals surface area contributed by atoms with Crippen molar-refractivity contribution in [1.29, 1.82) is 0 Å². The summed E-state index contributed by atoms with van der Waals surface area (Å²) in [6, 6.07) is 9.98. The Kier molecular flexibility index (Phi) is 5.65. The Morgan fingerprint density at radius 3 is 2.53 bits per heavy atom. The maximum atomic E-state index is 11.7. The van der Waals surface area contributed by atoms with Gasteiger partial charge >= 0.3 is 0 Å². The van der Waals surface area contributed by atoms with E-state index < -0.39 is 5.85 Å². The number of benzene rings is 1. The highest BCUT2D eigenvalue weighted by atomic mass is 35.9. The van der Waals surface area contributed by atoms with Gasteiger partial charge in [-0.2, -0.15) is 0 Å². The van der Waals surface area contributed by atoms with Crippen LogP contribution in [0.4, 0.5) is 0 Å². The van der Waals surface area contributed by atoms with Gasteiger partial charge in [0.2, 0.25) is 0 Å². The molecule has 19 heavy (non-hydrogen) atoms. The largest absolute Gasteiger partial charge is 0.285 e. The van der Waals surface area contributed by atoms with E-state index >= 15 is 0 Å². The Labute approximate surface area is 128 Å². The number of hydrogen-bond donors (Lipinski definition) is 0. The Morgan fingerprint density at radius 1 is 1.21 bits per heavy atom. The zero-order chi connectivity index (χ0) is 13.7. The first-order chi connectivity index (χ1) is 9.04. The van der Waals surface area contributed by atoms with Crippen LogP contribution in [-0.4, -0.2) is 0 Å². The average molecular weight is 333 g/mol. The van der Waals surface area contributed by atoms with Crippen LogP contribution in [0.2, 0.25) is 0 Å². The third-order valence-electron chi connectivity index (χ3n) is 2.85. The summed E-state index contributed by atoms with van der Waals surface area (Å²) in [5, 5.41) is 0. The molecule has 102 valence electrons. The van der Waals surface area contributed by atoms with Crippen molar-refractivity contribution in [2.75, 3.05) is 0 Å². The van der Waals surface area contributed by atoms with E-state index in [1.165, 1.54) is 17.8 Å². The van der Waals surface area contributed by atoms with Crippen LogP contribution in [0.3, 0.4) is 0 Å². The van der Waals surface area contributed by atoms with Gasteiger partial charge in [0, 0.05) is 15.6 Å². The van der Waals surface area contributed by atoms with Crippen molar-refractivity contribution in [1.82, 2.24) is 0 Å². The van der Waals surface area contributed by atoms with E-state index in [1.807, 2.05) is 30.3 Å². The molecule has 0 aliphatic heterocycles. The minimum absolute atomic E-state index is 0.930. The molecule has 1 aromatic rings. The fraction of sp³-hybridized carbons (Fsp3) is 0.286. The Bertz CT molecular complexity index is 534. The molecule has 0 unspecified atom stereocenters. The smallest absolute Gasteiger partial charge is 0.276 e. The van der Waals surface area contributed by atoms with E-state index in [0.717, 1.165) is 29.1 Å². The van der Waals surface area contributed by atoms with Crippen molar-refractivity contribution in [3.05, 3.63) is 52.7 Å². The van der Waals surface area contributed by atoms with E-state index in [9.17, 15) is 4.57 Å². The lowest BCUT2D eigenvalue weighted by molar-refractivity contribution is 0.597. The summed E-state index contributed by atoms with van der Waals surface area (Å²) in [7, 11) is 0. The van der Waals surface area contributed by atoms with E-state index in [2.05, 4.69) is 6.08 Å². The Morgan fingerprint density at radius 2 is 1.95 bits per heavy atom. The Balaban J connectivity index is 2.27. The first-order valence-corrected chi connectivity index (χ1v) is 10.6. The average Bonchev–Trinajstić information content (AvgIpc) is 2.39. The molecular formula is C14H15Cl2OPS. The number of halogens is 2. The van der Waals surface area contributed by atoms with Crippen LogP contribution in [0.15, 0.2) is 57.6 Å². The van der Waals surface area contributed by atoms with E-state index in [0.29, 0.717) is 0 Å². The predicted molar refractivity (Wildman–Crippen MR) is 86.2 cm³/mol. The van der Waals surface area contributed by atoms with Gasteiger partial charge in [-0.15, -0.1) is 0 Å². The van der Waals surface area contributed by atoms with E-state index in [4.69, 9.17) is 22.5 Å². The predicted octanol–water partition coefficient (Wildman–Crippen LogP) is 6.79. The number of allylic oxidation sites excluding steroid dienone is 2. The SMILES string of the molecule is O=P(Cl)(Cl)C=C(Sc1ccccc1)C1=CCCCC1. The minimum atomic E-state index is -3.20. The molecule has 1 nitrogen and oxygen atoms in total. The van der Waals surface area contributed by atoms with Crippen LogP contribution in [0.1, 0.15) is 25.7 Å². The quantitative estimate of drug-likeness (QED) is 0.446. The van der Waals surface area contributed by atoms with Gasteiger partial charge in [-0.1, -0.05) is 36.0 Å². The van der Waals surface area contributed by atoms with Gasteiger partial charge in [0.05, 0.1) is 0 Å². The molecule has 1 aliphatic carbocycles. The number of rotatable bonds is 4. The topological polar surface area (TPSA) is 17.1 Å². The van der Waals surface area contributed by atoms with Crippen LogP contribution < -0.4 is 0 Å². The van der Waals surface area contributed by atoms with Gasteiger partial charge in [-0.05, 0) is 65.9 Å². The maximum absolute atomic E-state index is 11.7. The molecule has 1 aromatic carbocycles. The standard InChI is InChI=1S/C14H15Cl2OPS/c15-18(16,17)11-14(12-7-3-1-4-8-12)19-13-9-5-2-6-10-13/h2,5-7,9-11H,1,3-4,8H2. The van der Waals surface area contributed by atoms with Crippen LogP contribution in [0, 0.1) is 0 Å². The molecular weight excluding hydrogens is 318 g/mol. The monoisotopic (exact) mass is 332 g/mol. The van der Waals surface area contributed by atoms with Crippen LogP contribution >= 0.6 is 40.1 Å². The summed E-state index contributed by atoms with van der Waals surface area (Å²) in [6.45, 7) is 0. The zero-order valence-corrected chi connectivity index (χ0v) is 13.6. The fourth-order valence-electron chi connectivity index (χ4n) is 1.99. The van der Waals surface area contributed by atoms with Crippen LogP contribution in [-0.2, 0) is 4.57 Å². The van der Waals surface area contributed by atoms with Crippen molar-refractivity contribution in [3.8, 4) is 0 Å². The summed E-state index contributed by atoms with van der Waals surface area (Å²) < 4.78 is 11.7. The minimum Gasteiger partial charge on any atom is -0.285 e. The third-order valence-corrected chi connectivity index (χ3v) is 5.27. The molecule has 0 fully saturated rings. The van der Waals surface area contributed by atoms with Gasteiger partial charge in [0.25, 0.3) is 5.85 Å². The van der Waals surface area contributed by atoms with Crippen molar-refractivity contribution in [3.63, 3.8) is 0 Å². The second kappa shape index (κ2) is 7.04. The first-order valence-electron chi connectivity index (χ1n) is 6.19. The highest BCUT2D eigenvalue weighted by Gasteiger charge is 2.17. The number of thioether (sulfide) groups is 1. The molecule has 0 saturated heterocycles. The maximum Gasteiger partial charge on any atom is 0.276 e. The fourth-order valence-corrected chi connectivity index (χ4v) is 4.88. The van der Waals surface area contributed by atoms with Crippen molar-refractivity contribution in [2.24, 2.45) is 0 Å². The molecule has 0 bridgehead atoms. The molecule has 0 spiro atoms. The van der Waals surface area contributed by atoms with Crippen LogP contribution in [0.25, 0.3) is 0 Å². The lowest BCUT2D eigenvalue weighted by Gasteiger charge is -2.16. The lowest BCUT2D eigenvalue weighted by Crippen LogP contribution is -1.93. The third kappa shape index (κ3) is 5.39. The summed E-state index contributed by atoms with van der Waals surface area (Å²) in [6.07, 6.45) is 6.64. The second-order valence-electron chi connectivity index (χ2n) is 4.39. The van der Waals surface area contributed by atoms with Crippen molar-refractivity contribution in [2.45, 2.75) is 30.6 Å². The lowest BCUT2D eigenvalue weighted by atomic mass is 10.00. The highest BCUT2D eigenvalue weighted by molar-refractivity contribution is 8.11. The normalized spacial score (nSPS) is 17.2. The van der Waals surface area contributed by atoms with Crippen molar-refractivity contribution >= 4 is 40.1 Å². The Hall–Kier alpha value is -0.140. The van der Waals surface area contributed by atoms with Gasteiger partial charge in [-0.25, -0.2) is 0 Å². The van der Waals surface area contributed by atoms with Gasteiger partial charge < -0.3 is 0 Å².